The van der Waals surface area contributed by atoms with Gasteiger partial charge in [-0.25, -0.2) is 0 Å². The first-order valence-corrected chi connectivity index (χ1v) is 13.7. The third-order valence-electron chi connectivity index (χ3n) is 11.5. The first-order chi connectivity index (χ1) is 14.6. The third-order valence-corrected chi connectivity index (χ3v) is 11.5. The predicted molar refractivity (Wildman–Crippen MR) is 127 cm³/mol. The van der Waals surface area contributed by atoms with Gasteiger partial charge in [-0.3, -0.25) is 0 Å². The first-order valence-electron chi connectivity index (χ1n) is 13.7. The van der Waals surface area contributed by atoms with Gasteiger partial charge in [-0.05, 0) is 97.7 Å². The molecule has 2 nitrogen and oxygen atoms in total. The maximum Gasteiger partial charge on any atom is 0.0634 e. The second-order valence-electron chi connectivity index (χ2n) is 13.5. The van der Waals surface area contributed by atoms with Crippen molar-refractivity contribution in [2.75, 3.05) is 0 Å². The number of allylic oxidation sites excluding steroid dienone is 1. The van der Waals surface area contributed by atoms with E-state index in [0.717, 1.165) is 49.4 Å². The zero-order valence-electron chi connectivity index (χ0n) is 20.9. The minimum Gasteiger partial charge on any atom is -0.393 e. The van der Waals surface area contributed by atoms with Crippen LogP contribution in [0.25, 0.3) is 0 Å². The second kappa shape index (κ2) is 7.59. The Morgan fingerprint density at radius 2 is 1.74 bits per heavy atom. The van der Waals surface area contributed by atoms with Crippen molar-refractivity contribution in [3.05, 3.63) is 11.6 Å². The second-order valence-corrected chi connectivity index (χ2v) is 13.5. The number of hydrogen-bond acceptors (Lipinski definition) is 2. The van der Waals surface area contributed by atoms with Crippen LogP contribution in [0, 0.1) is 51.8 Å². The van der Waals surface area contributed by atoms with Crippen LogP contribution in [0.4, 0.5) is 0 Å². The summed E-state index contributed by atoms with van der Waals surface area (Å²) in [6, 6.07) is 0. The van der Waals surface area contributed by atoms with Crippen molar-refractivity contribution in [2.24, 2.45) is 51.8 Å². The van der Waals surface area contributed by atoms with Crippen molar-refractivity contribution in [1.29, 1.82) is 0 Å². The summed E-state index contributed by atoms with van der Waals surface area (Å²) < 4.78 is 0. The van der Waals surface area contributed by atoms with Crippen LogP contribution in [-0.2, 0) is 0 Å². The topological polar surface area (TPSA) is 40.5 Å². The quantitative estimate of drug-likeness (QED) is 0.475. The van der Waals surface area contributed by atoms with Crippen LogP contribution >= 0.6 is 0 Å². The Bertz CT molecular complexity index is 720. The Balaban J connectivity index is 1.39. The van der Waals surface area contributed by atoms with Gasteiger partial charge in [0, 0.05) is 5.41 Å². The summed E-state index contributed by atoms with van der Waals surface area (Å²) in [6.07, 6.45) is 15.6. The molecule has 0 bridgehead atoms. The highest BCUT2D eigenvalue weighted by Crippen LogP contribution is 2.72. The molecule has 2 heteroatoms. The van der Waals surface area contributed by atoms with Crippen molar-refractivity contribution in [3.8, 4) is 0 Å². The van der Waals surface area contributed by atoms with Crippen LogP contribution in [0.1, 0.15) is 105 Å². The Hall–Kier alpha value is -0.340. The van der Waals surface area contributed by atoms with E-state index in [1.807, 2.05) is 0 Å². The third kappa shape index (κ3) is 3.24. The Morgan fingerprint density at radius 1 is 1.00 bits per heavy atom. The number of hydrogen-bond donors (Lipinski definition) is 2. The molecule has 2 N–H and O–H groups in total. The van der Waals surface area contributed by atoms with Crippen molar-refractivity contribution < 1.29 is 10.2 Å². The smallest absolute Gasteiger partial charge is 0.0634 e. The SMILES string of the molecule is CC(C)CCC[C@@H](C)[C@H]1CC[C@H]2[C@@H]3CC=C4C5(CC5)C(O)CC[C@]4(C)[C@H]3C(O)C[C@]12C. The summed E-state index contributed by atoms with van der Waals surface area (Å²) in [5.41, 5.74) is 2.06. The minimum atomic E-state index is -0.172. The van der Waals surface area contributed by atoms with Gasteiger partial charge in [-0.2, -0.15) is 0 Å². The monoisotopic (exact) mass is 428 g/mol. The van der Waals surface area contributed by atoms with E-state index in [1.54, 1.807) is 5.57 Å². The van der Waals surface area contributed by atoms with Crippen LogP contribution in [-0.4, -0.2) is 22.4 Å². The van der Waals surface area contributed by atoms with Crippen LogP contribution in [0.5, 0.6) is 0 Å². The number of rotatable bonds is 5. The molecular weight excluding hydrogens is 380 g/mol. The Kier molecular flexibility index (Phi) is 5.50. The van der Waals surface area contributed by atoms with Crippen LogP contribution in [0.3, 0.4) is 0 Å². The van der Waals surface area contributed by atoms with E-state index in [-0.39, 0.29) is 23.0 Å². The molecule has 1 spiro atoms. The fraction of sp³-hybridized carbons (Fsp3) is 0.931. The van der Waals surface area contributed by atoms with E-state index in [1.165, 1.54) is 44.9 Å². The summed E-state index contributed by atoms with van der Waals surface area (Å²) in [5.74, 6) is 4.19. The molecule has 0 aromatic carbocycles. The molecule has 4 fully saturated rings. The lowest BCUT2D eigenvalue weighted by molar-refractivity contribution is -0.135. The van der Waals surface area contributed by atoms with E-state index in [0.29, 0.717) is 17.3 Å². The van der Waals surface area contributed by atoms with Crippen molar-refractivity contribution in [2.45, 2.75) is 117 Å². The number of aliphatic hydroxyl groups is 2. The fourth-order valence-electron chi connectivity index (χ4n) is 9.97. The molecule has 5 aliphatic carbocycles. The van der Waals surface area contributed by atoms with E-state index >= 15 is 0 Å². The summed E-state index contributed by atoms with van der Waals surface area (Å²) in [7, 11) is 0. The normalized spacial score (nSPS) is 48.7. The minimum absolute atomic E-state index is 0.0849. The molecule has 2 unspecified atom stereocenters. The van der Waals surface area contributed by atoms with Gasteiger partial charge in [0.25, 0.3) is 0 Å². The highest BCUT2D eigenvalue weighted by molar-refractivity contribution is 5.37. The van der Waals surface area contributed by atoms with Crippen molar-refractivity contribution in [1.82, 2.24) is 0 Å². The molecule has 0 aromatic rings. The predicted octanol–water partition coefficient (Wildman–Crippen LogP) is 6.75. The van der Waals surface area contributed by atoms with E-state index in [2.05, 4.69) is 40.7 Å². The largest absolute Gasteiger partial charge is 0.393 e. The summed E-state index contributed by atoms with van der Waals surface area (Å²) >= 11 is 0. The van der Waals surface area contributed by atoms with Crippen molar-refractivity contribution >= 4 is 0 Å². The van der Waals surface area contributed by atoms with E-state index < -0.39 is 0 Å². The van der Waals surface area contributed by atoms with Crippen LogP contribution in [0.15, 0.2) is 11.6 Å². The zero-order chi connectivity index (χ0) is 22.2. The molecule has 0 aromatic heterocycles. The highest BCUT2D eigenvalue weighted by atomic mass is 16.3. The van der Waals surface area contributed by atoms with Gasteiger partial charge < -0.3 is 10.2 Å². The molecule has 5 rings (SSSR count). The number of fused-ring (bicyclic) bond motifs is 6. The molecule has 0 radical (unpaired) electrons. The molecule has 0 saturated heterocycles. The Morgan fingerprint density at radius 3 is 2.42 bits per heavy atom. The van der Waals surface area contributed by atoms with Gasteiger partial charge in [0.2, 0.25) is 0 Å². The maximum absolute atomic E-state index is 11.7. The molecule has 0 amide bonds. The van der Waals surface area contributed by atoms with Gasteiger partial charge in [0.1, 0.15) is 0 Å². The molecule has 176 valence electrons. The summed E-state index contributed by atoms with van der Waals surface area (Å²) in [6.45, 7) is 12.2. The lowest BCUT2D eigenvalue weighted by Crippen LogP contribution is -2.58. The molecule has 0 heterocycles. The van der Waals surface area contributed by atoms with Gasteiger partial charge in [-0.15, -0.1) is 0 Å². The van der Waals surface area contributed by atoms with Gasteiger partial charge >= 0.3 is 0 Å². The number of aliphatic hydroxyl groups excluding tert-OH is 2. The average Bonchev–Trinajstić information content (AvgIpc) is 3.40. The molecule has 9 atom stereocenters. The lowest BCUT2D eigenvalue weighted by Gasteiger charge is -2.61. The molecule has 5 aliphatic rings. The summed E-state index contributed by atoms with van der Waals surface area (Å²) in [5, 5.41) is 22.5. The van der Waals surface area contributed by atoms with E-state index in [9.17, 15) is 10.2 Å². The highest BCUT2D eigenvalue weighted by Gasteiger charge is 2.67. The van der Waals surface area contributed by atoms with Crippen LogP contribution in [0.2, 0.25) is 0 Å². The van der Waals surface area contributed by atoms with Gasteiger partial charge in [0.05, 0.1) is 12.2 Å². The van der Waals surface area contributed by atoms with Gasteiger partial charge in [0.15, 0.2) is 0 Å². The lowest BCUT2D eigenvalue weighted by atomic mass is 9.44. The molecular formula is C29H48O2. The first kappa shape index (κ1) is 22.5. The van der Waals surface area contributed by atoms with Crippen molar-refractivity contribution in [3.63, 3.8) is 0 Å². The van der Waals surface area contributed by atoms with E-state index in [4.69, 9.17) is 0 Å². The summed E-state index contributed by atoms with van der Waals surface area (Å²) in [4.78, 5) is 0. The molecule has 4 saturated carbocycles. The molecule has 31 heavy (non-hydrogen) atoms. The maximum atomic E-state index is 11.7. The molecule has 0 aliphatic heterocycles. The Labute approximate surface area is 191 Å². The zero-order valence-corrected chi connectivity index (χ0v) is 20.9. The standard InChI is InChI=1S/C29H48O2/c1-18(2)7-6-8-19(3)21-10-11-22-20-9-12-24-27(4,14-13-25(31)29(24)15-16-29)26(20)23(30)17-28(21,22)5/h12,18-23,25-26,30-31H,6-11,13-17H2,1-5H3/t19-,20+,21-,22+,23?,25?,26-,27+,28-/m1/s1. The fourth-order valence-corrected chi connectivity index (χ4v) is 9.97. The average molecular weight is 429 g/mol. The van der Waals surface area contributed by atoms with Crippen LogP contribution < -0.4 is 0 Å². The van der Waals surface area contributed by atoms with Gasteiger partial charge in [-0.1, -0.05) is 65.5 Å².